The average molecular weight is 186 g/mol. The van der Waals surface area contributed by atoms with E-state index in [0.29, 0.717) is 13.1 Å². The summed E-state index contributed by atoms with van der Waals surface area (Å²) in [5.74, 6) is 0.106. The lowest BCUT2D eigenvalue weighted by Gasteiger charge is -2.30. The number of amides is 1. The lowest BCUT2D eigenvalue weighted by molar-refractivity contribution is -0.130. The fourth-order valence-electron chi connectivity index (χ4n) is 1.51. The molecule has 4 heteroatoms. The van der Waals surface area contributed by atoms with Crippen LogP contribution in [0.3, 0.4) is 0 Å². The fraction of sp³-hybridized carbons (Fsp3) is 0.889. The molecule has 1 rings (SSSR count). The molecule has 0 aromatic rings. The summed E-state index contributed by atoms with van der Waals surface area (Å²) in [6, 6.07) is 0. The summed E-state index contributed by atoms with van der Waals surface area (Å²) in [7, 11) is 3.51. The molecule has 0 aromatic carbocycles. The molecule has 1 aliphatic rings. The highest BCUT2D eigenvalue weighted by atomic mass is 16.3. The molecule has 0 radical (unpaired) electrons. The molecule has 13 heavy (non-hydrogen) atoms. The number of likely N-dealkylation sites (tertiary alicyclic amines) is 1. The first-order valence-corrected chi connectivity index (χ1v) is 4.70. The second-order valence-electron chi connectivity index (χ2n) is 3.82. The Balaban J connectivity index is 2.31. The lowest BCUT2D eigenvalue weighted by atomic mass is 10.1. The Labute approximate surface area is 79.1 Å². The predicted octanol–water partition coefficient (Wildman–Crippen LogP) is -0.469. The van der Waals surface area contributed by atoms with E-state index in [9.17, 15) is 9.90 Å². The van der Waals surface area contributed by atoms with Gasteiger partial charge in [0.25, 0.3) is 0 Å². The first kappa shape index (κ1) is 10.5. The predicted molar refractivity (Wildman–Crippen MR) is 50.4 cm³/mol. The van der Waals surface area contributed by atoms with Crippen LogP contribution in [0.25, 0.3) is 0 Å². The molecule has 1 heterocycles. The van der Waals surface area contributed by atoms with E-state index in [-0.39, 0.29) is 12.0 Å². The van der Waals surface area contributed by atoms with Gasteiger partial charge < -0.3 is 10.0 Å². The van der Waals surface area contributed by atoms with Gasteiger partial charge in [-0.3, -0.25) is 9.69 Å². The maximum absolute atomic E-state index is 11.3. The van der Waals surface area contributed by atoms with Crippen LogP contribution in [0.5, 0.6) is 0 Å². The minimum absolute atomic E-state index is 0.106. The highest BCUT2D eigenvalue weighted by Gasteiger charge is 2.19. The van der Waals surface area contributed by atoms with Crippen molar-refractivity contribution >= 4 is 5.91 Å². The normalized spacial score (nSPS) is 24.4. The SMILES string of the molecule is CN(C)C(=O)CN1CCCC(O)C1. The van der Waals surface area contributed by atoms with Crippen molar-refractivity contribution in [1.29, 1.82) is 0 Å². The Morgan fingerprint density at radius 1 is 1.62 bits per heavy atom. The zero-order valence-electron chi connectivity index (χ0n) is 8.36. The largest absolute Gasteiger partial charge is 0.392 e. The van der Waals surface area contributed by atoms with Gasteiger partial charge >= 0.3 is 0 Å². The van der Waals surface area contributed by atoms with Crippen LogP contribution >= 0.6 is 0 Å². The zero-order valence-corrected chi connectivity index (χ0v) is 8.36. The maximum Gasteiger partial charge on any atom is 0.236 e. The Kier molecular flexibility index (Phi) is 3.69. The summed E-state index contributed by atoms with van der Waals surface area (Å²) in [5, 5.41) is 9.36. The van der Waals surface area contributed by atoms with Gasteiger partial charge in [0.05, 0.1) is 12.6 Å². The minimum atomic E-state index is -0.247. The molecule has 4 nitrogen and oxygen atoms in total. The molecule has 1 atom stereocenters. The standard InChI is InChI=1S/C9H18N2O2/c1-10(2)9(13)7-11-5-3-4-8(12)6-11/h8,12H,3-7H2,1-2H3. The van der Waals surface area contributed by atoms with Gasteiger partial charge in [-0.05, 0) is 19.4 Å². The van der Waals surface area contributed by atoms with Gasteiger partial charge in [-0.25, -0.2) is 0 Å². The topological polar surface area (TPSA) is 43.8 Å². The molecule has 0 bridgehead atoms. The Morgan fingerprint density at radius 2 is 2.31 bits per heavy atom. The van der Waals surface area contributed by atoms with Crippen molar-refractivity contribution in [3.8, 4) is 0 Å². The highest BCUT2D eigenvalue weighted by Crippen LogP contribution is 2.09. The molecule has 1 amide bonds. The molecule has 1 saturated heterocycles. The van der Waals surface area contributed by atoms with Crippen molar-refractivity contribution in [1.82, 2.24) is 9.80 Å². The number of aliphatic hydroxyl groups is 1. The van der Waals surface area contributed by atoms with Crippen molar-refractivity contribution in [2.45, 2.75) is 18.9 Å². The zero-order chi connectivity index (χ0) is 9.84. The molecule has 1 aliphatic heterocycles. The number of likely N-dealkylation sites (N-methyl/N-ethyl adjacent to an activating group) is 1. The van der Waals surface area contributed by atoms with Gasteiger partial charge in [0, 0.05) is 20.6 Å². The van der Waals surface area contributed by atoms with Gasteiger partial charge in [0.15, 0.2) is 0 Å². The third kappa shape index (κ3) is 3.32. The number of hydrogen-bond acceptors (Lipinski definition) is 3. The Morgan fingerprint density at radius 3 is 2.85 bits per heavy atom. The Bertz CT molecular complexity index is 182. The lowest BCUT2D eigenvalue weighted by Crippen LogP contribution is -2.43. The molecule has 1 unspecified atom stereocenters. The van der Waals surface area contributed by atoms with E-state index < -0.39 is 0 Å². The molecule has 0 aliphatic carbocycles. The highest BCUT2D eigenvalue weighted by molar-refractivity contribution is 5.77. The average Bonchev–Trinajstić information content (AvgIpc) is 2.04. The van der Waals surface area contributed by atoms with Crippen LogP contribution in [0.1, 0.15) is 12.8 Å². The van der Waals surface area contributed by atoms with E-state index in [0.717, 1.165) is 19.4 Å². The van der Waals surface area contributed by atoms with E-state index >= 15 is 0 Å². The van der Waals surface area contributed by atoms with E-state index in [1.165, 1.54) is 0 Å². The Hall–Kier alpha value is -0.610. The summed E-state index contributed by atoms with van der Waals surface area (Å²) in [4.78, 5) is 14.9. The molecule has 1 N–H and O–H groups in total. The number of rotatable bonds is 2. The smallest absolute Gasteiger partial charge is 0.236 e. The van der Waals surface area contributed by atoms with Gasteiger partial charge in [-0.1, -0.05) is 0 Å². The number of carbonyl (C=O) groups excluding carboxylic acids is 1. The van der Waals surface area contributed by atoms with Gasteiger partial charge in [-0.15, -0.1) is 0 Å². The van der Waals surface area contributed by atoms with Gasteiger partial charge in [0.1, 0.15) is 0 Å². The monoisotopic (exact) mass is 186 g/mol. The minimum Gasteiger partial charge on any atom is -0.392 e. The summed E-state index contributed by atoms with van der Waals surface area (Å²) in [6.45, 7) is 2.00. The molecular weight excluding hydrogens is 168 g/mol. The fourth-order valence-corrected chi connectivity index (χ4v) is 1.51. The number of carbonyl (C=O) groups is 1. The van der Waals surface area contributed by atoms with Gasteiger partial charge in [0.2, 0.25) is 5.91 Å². The summed E-state index contributed by atoms with van der Waals surface area (Å²) < 4.78 is 0. The number of β-amino-alcohol motifs (C(OH)–C–C–N with tert-alkyl or cyclic N) is 1. The quantitative estimate of drug-likeness (QED) is 0.634. The molecule has 1 fully saturated rings. The van der Waals surface area contributed by atoms with Crippen molar-refractivity contribution < 1.29 is 9.90 Å². The van der Waals surface area contributed by atoms with Crippen molar-refractivity contribution in [3.05, 3.63) is 0 Å². The first-order valence-electron chi connectivity index (χ1n) is 4.70. The van der Waals surface area contributed by atoms with Crippen LogP contribution in [0.4, 0.5) is 0 Å². The van der Waals surface area contributed by atoms with Crippen LogP contribution in [0.2, 0.25) is 0 Å². The second-order valence-corrected chi connectivity index (χ2v) is 3.82. The van der Waals surface area contributed by atoms with Gasteiger partial charge in [-0.2, -0.15) is 0 Å². The van der Waals surface area contributed by atoms with Crippen LogP contribution in [0.15, 0.2) is 0 Å². The second kappa shape index (κ2) is 4.58. The first-order chi connectivity index (χ1) is 6.09. The van der Waals surface area contributed by atoms with Crippen LogP contribution in [-0.2, 0) is 4.79 Å². The number of piperidine rings is 1. The summed E-state index contributed by atoms with van der Waals surface area (Å²) in [5.41, 5.74) is 0. The third-order valence-corrected chi connectivity index (χ3v) is 2.34. The van der Waals surface area contributed by atoms with Crippen molar-refractivity contribution in [2.75, 3.05) is 33.7 Å². The third-order valence-electron chi connectivity index (χ3n) is 2.34. The molecule has 0 saturated carbocycles. The molecule has 0 spiro atoms. The van der Waals surface area contributed by atoms with E-state index in [2.05, 4.69) is 0 Å². The number of aliphatic hydroxyl groups excluding tert-OH is 1. The summed E-state index contributed by atoms with van der Waals surface area (Å²) >= 11 is 0. The van der Waals surface area contributed by atoms with Crippen LogP contribution < -0.4 is 0 Å². The number of nitrogens with zero attached hydrogens (tertiary/aromatic N) is 2. The van der Waals surface area contributed by atoms with E-state index in [1.54, 1.807) is 19.0 Å². The van der Waals surface area contributed by atoms with Crippen molar-refractivity contribution in [3.63, 3.8) is 0 Å². The van der Waals surface area contributed by atoms with E-state index in [4.69, 9.17) is 0 Å². The molecule has 0 aromatic heterocycles. The maximum atomic E-state index is 11.3. The van der Waals surface area contributed by atoms with Crippen molar-refractivity contribution in [2.24, 2.45) is 0 Å². The van der Waals surface area contributed by atoms with Crippen LogP contribution in [-0.4, -0.2) is 60.6 Å². The van der Waals surface area contributed by atoms with Crippen LogP contribution in [0, 0.1) is 0 Å². The molecular formula is C9H18N2O2. The van der Waals surface area contributed by atoms with E-state index in [1.807, 2.05) is 4.90 Å². The summed E-state index contributed by atoms with van der Waals surface area (Å²) in [6.07, 6.45) is 1.61. The number of hydrogen-bond donors (Lipinski definition) is 1. The molecule has 76 valence electrons.